The average Bonchev–Trinajstić information content (AvgIpc) is 1.98. The Balaban J connectivity index is 0.642. The lowest BCUT2D eigenvalue weighted by molar-refractivity contribution is -0.141. The molecule has 10 heterocycles. The van der Waals surface area contributed by atoms with E-state index in [1.807, 2.05) is 82.6 Å². The highest BCUT2D eigenvalue weighted by Gasteiger charge is 2.51. The Morgan fingerprint density at radius 1 is 0.966 bits per heavy atom. The summed E-state index contributed by atoms with van der Waals surface area (Å²) in [5, 5.41) is 35.1. The summed E-state index contributed by atoms with van der Waals surface area (Å²) in [5.41, 5.74) is 6.15. The van der Waals surface area contributed by atoms with E-state index in [1.54, 1.807) is 40.6 Å². The first-order valence-electron chi connectivity index (χ1n) is 31.0. The number of phenols is 1. The largest absolute Gasteiger partial charge is 0.508 e. The number of aryl methyl sites for hydroxylation is 2. The van der Waals surface area contributed by atoms with Gasteiger partial charge in [0, 0.05) is 87.7 Å². The number of pyridine rings is 1. The van der Waals surface area contributed by atoms with Crippen LogP contribution in [0.25, 0.3) is 43.4 Å². The number of fused-ring (bicyclic) bond motifs is 5. The van der Waals surface area contributed by atoms with E-state index < -0.39 is 23.9 Å². The summed E-state index contributed by atoms with van der Waals surface area (Å²) in [7, 11) is 0. The summed E-state index contributed by atoms with van der Waals surface area (Å²) < 4.78 is 36.1. The molecule has 6 aliphatic heterocycles. The number of aromatic hydroxyl groups is 1. The highest BCUT2D eigenvalue weighted by molar-refractivity contribution is 7.13. The molecule has 2 unspecified atom stereocenters. The number of aliphatic hydroxyl groups is 1. The molecule has 22 heteroatoms. The van der Waals surface area contributed by atoms with Gasteiger partial charge in [0.1, 0.15) is 48.0 Å². The molecule has 0 spiro atoms. The molecule has 87 heavy (non-hydrogen) atoms. The lowest BCUT2D eigenvalue weighted by Crippen LogP contribution is -2.54. The first-order chi connectivity index (χ1) is 42.0. The van der Waals surface area contributed by atoms with E-state index in [1.165, 1.54) is 4.90 Å². The molecule has 458 valence electrons. The molecule has 7 aromatic rings. The van der Waals surface area contributed by atoms with Gasteiger partial charge in [-0.15, -0.1) is 11.3 Å². The highest BCUT2D eigenvalue weighted by Crippen LogP contribution is 2.44. The van der Waals surface area contributed by atoms with Gasteiger partial charge in [0.25, 0.3) is 0 Å². The Morgan fingerprint density at radius 2 is 1.77 bits per heavy atom. The Labute approximate surface area is 509 Å². The molecular weight excluding hydrogens is 1130 g/mol. The summed E-state index contributed by atoms with van der Waals surface area (Å²) in [6, 6.07) is 18.2. The Bertz CT molecular complexity index is 3720. The average molecular weight is 1210 g/mol. The number of phenolic OH excluding ortho intramolecular Hbond substituents is 1. The van der Waals surface area contributed by atoms with E-state index in [4.69, 9.17) is 28.9 Å². The van der Waals surface area contributed by atoms with Gasteiger partial charge in [-0.1, -0.05) is 68.4 Å². The van der Waals surface area contributed by atoms with Crippen molar-refractivity contribution in [2.75, 3.05) is 68.8 Å². The predicted molar refractivity (Wildman–Crippen MR) is 329 cm³/mol. The number of benzene rings is 3. The number of nitrogens with zero attached hydrogens (tertiary/aromatic N) is 10. The van der Waals surface area contributed by atoms with Gasteiger partial charge < -0.3 is 54.4 Å². The van der Waals surface area contributed by atoms with Crippen LogP contribution in [0.1, 0.15) is 114 Å². The molecule has 4 aromatic heterocycles. The van der Waals surface area contributed by atoms with Gasteiger partial charge in [0.15, 0.2) is 17.4 Å². The third-order valence-electron chi connectivity index (χ3n) is 19.3. The minimum Gasteiger partial charge on any atom is -0.508 e. The molecule has 2 bridgehead atoms. The van der Waals surface area contributed by atoms with E-state index in [9.17, 15) is 24.6 Å². The standard InChI is InChI=1S/C65H77FN12O8S/c1-7-40-10-8-11-43-24-47(79)25-49(55(40)43)57-56(66)58-50(28-67-57)60(75-30-44-16-17-45(31-75)70-44)72-63(71-58)85-34-65-19-9-21-78(65)46(18-20-65)33-84-64(83)74-22-23-76(37(4)29-74)53-27-52(86-73-53)54(36(2)3)62(82)77-32-48(80)26-51(77)61(81)69-38(5)41-12-14-42(15-13-41)59-39(6)68-35-87-59/h8,10-15,24-25,27-28,35-38,44-46,48,51,54,70,79-80H,7,9,16-23,26,29-34H2,1-6H3,(H,69,81)/t37-,38+,44?,45?,46+,48-,51+,54+,65+/m1/s1. The number of thiazole rings is 1. The van der Waals surface area contributed by atoms with Crippen LogP contribution >= 0.6 is 11.3 Å². The molecule has 0 aliphatic carbocycles. The number of aromatic nitrogens is 5. The molecule has 6 aliphatic rings. The minimum atomic E-state index is -0.869. The smallest absolute Gasteiger partial charge is 0.409 e. The second-order valence-corrected chi connectivity index (χ2v) is 26.2. The summed E-state index contributed by atoms with van der Waals surface area (Å²) in [5.74, 6) is -0.714. The number of aliphatic hydroxyl groups excluding tert-OH is 1. The van der Waals surface area contributed by atoms with Crippen LogP contribution in [0.3, 0.4) is 0 Å². The van der Waals surface area contributed by atoms with Crippen molar-refractivity contribution in [3.05, 3.63) is 101 Å². The number of carbonyl (C=O) groups excluding carboxylic acids is 3. The van der Waals surface area contributed by atoms with Crippen LogP contribution in [-0.4, -0.2) is 169 Å². The van der Waals surface area contributed by atoms with Crippen LogP contribution in [-0.2, 0) is 20.7 Å². The fraction of sp³-hybridized carbons (Fsp3) is 0.508. The number of piperazine rings is 2. The molecule has 3 amide bonds. The van der Waals surface area contributed by atoms with Crippen LogP contribution < -0.4 is 25.2 Å². The zero-order valence-corrected chi connectivity index (χ0v) is 51.1. The third kappa shape index (κ3) is 11.2. The van der Waals surface area contributed by atoms with Crippen molar-refractivity contribution in [3.63, 3.8) is 0 Å². The summed E-state index contributed by atoms with van der Waals surface area (Å²) in [6.45, 7) is 15.8. The van der Waals surface area contributed by atoms with Crippen molar-refractivity contribution in [2.24, 2.45) is 5.92 Å². The fourth-order valence-corrected chi connectivity index (χ4v) is 15.7. The van der Waals surface area contributed by atoms with Crippen molar-refractivity contribution in [2.45, 2.75) is 147 Å². The molecule has 20 nitrogen and oxygen atoms in total. The molecule has 4 N–H and O–H groups in total. The van der Waals surface area contributed by atoms with Crippen molar-refractivity contribution < 1.29 is 43.0 Å². The van der Waals surface area contributed by atoms with E-state index in [-0.39, 0.29) is 96.6 Å². The van der Waals surface area contributed by atoms with Gasteiger partial charge in [-0.05, 0) is 118 Å². The second-order valence-electron chi connectivity index (χ2n) is 25.3. The molecular formula is C65H77FN12O8S. The lowest BCUT2D eigenvalue weighted by atomic mass is 9.91. The van der Waals surface area contributed by atoms with Gasteiger partial charge in [0.05, 0.1) is 39.2 Å². The van der Waals surface area contributed by atoms with Gasteiger partial charge in [-0.25, -0.2) is 14.2 Å². The number of hydrogen-bond acceptors (Lipinski definition) is 18. The van der Waals surface area contributed by atoms with Crippen molar-refractivity contribution in [1.29, 1.82) is 0 Å². The number of β-amino-alcohol motifs (C(OH)–C–C–N with tert-alkyl or cyclic N) is 1. The molecule has 13 rings (SSSR count). The first-order valence-corrected chi connectivity index (χ1v) is 31.9. The van der Waals surface area contributed by atoms with Gasteiger partial charge in [-0.2, -0.15) is 9.97 Å². The maximum Gasteiger partial charge on any atom is 0.409 e. The number of nitrogens with one attached hydrogen (secondary N) is 2. The predicted octanol–water partition coefficient (Wildman–Crippen LogP) is 8.91. The van der Waals surface area contributed by atoms with E-state index in [0.717, 1.165) is 83.1 Å². The normalized spacial score (nSPS) is 24.6. The van der Waals surface area contributed by atoms with E-state index in [0.29, 0.717) is 79.6 Å². The third-order valence-corrected chi connectivity index (χ3v) is 20.3. The van der Waals surface area contributed by atoms with Crippen LogP contribution in [0.2, 0.25) is 0 Å². The number of anilines is 2. The van der Waals surface area contributed by atoms with Crippen LogP contribution in [0.15, 0.2) is 76.9 Å². The lowest BCUT2D eigenvalue weighted by Gasteiger charge is -2.39. The topological polar surface area (TPSA) is 228 Å². The van der Waals surface area contributed by atoms with Gasteiger partial charge in [-0.3, -0.25) is 19.5 Å². The highest BCUT2D eigenvalue weighted by atomic mass is 32.1. The summed E-state index contributed by atoms with van der Waals surface area (Å²) in [4.78, 5) is 72.3. The minimum absolute atomic E-state index is 0.0211. The maximum absolute atomic E-state index is 17.4. The Hall–Kier alpha value is -7.53. The van der Waals surface area contributed by atoms with E-state index in [2.05, 4.69) is 42.4 Å². The number of hydrogen-bond donors (Lipinski definition) is 4. The zero-order chi connectivity index (χ0) is 60.4. The molecule has 0 saturated carbocycles. The van der Waals surface area contributed by atoms with Crippen molar-refractivity contribution in [3.8, 4) is 33.5 Å². The number of likely N-dealkylation sites (tertiary alicyclic amines) is 1. The number of ether oxygens (including phenoxy) is 2. The molecule has 9 atom stereocenters. The number of amides is 3. The number of halogens is 1. The Morgan fingerprint density at radius 3 is 2.52 bits per heavy atom. The number of rotatable bonds is 16. The van der Waals surface area contributed by atoms with Gasteiger partial charge >= 0.3 is 12.1 Å². The molecule has 0 radical (unpaired) electrons. The van der Waals surface area contributed by atoms with Crippen molar-refractivity contribution in [1.82, 2.24) is 50.4 Å². The van der Waals surface area contributed by atoms with Crippen LogP contribution in [0, 0.1) is 18.7 Å². The quantitative estimate of drug-likeness (QED) is 0.0708. The molecule has 6 saturated heterocycles. The van der Waals surface area contributed by atoms with Gasteiger partial charge in [0.2, 0.25) is 11.8 Å². The second kappa shape index (κ2) is 23.9. The van der Waals surface area contributed by atoms with Crippen LogP contribution in [0.4, 0.5) is 20.8 Å². The summed E-state index contributed by atoms with van der Waals surface area (Å²) >= 11 is 1.58. The van der Waals surface area contributed by atoms with Crippen molar-refractivity contribution >= 4 is 62.6 Å². The van der Waals surface area contributed by atoms with Crippen LogP contribution in [0.5, 0.6) is 11.8 Å². The molecule has 6 fully saturated rings. The monoisotopic (exact) mass is 1200 g/mol. The fourth-order valence-electron chi connectivity index (χ4n) is 14.8. The number of carbonyl (C=O) groups is 3. The molecule has 3 aromatic carbocycles. The van der Waals surface area contributed by atoms with E-state index >= 15 is 4.39 Å². The Kier molecular flexibility index (Phi) is 16.0. The first kappa shape index (κ1) is 58.5. The maximum atomic E-state index is 17.4. The zero-order valence-electron chi connectivity index (χ0n) is 50.2. The summed E-state index contributed by atoms with van der Waals surface area (Å²) in [6.07, 6.45) is 6.82. The SMILES string of the molecule is CCc1cccc2cc(O)cc(-c3ncc4c(N5CC6CCC(C5)N6)nc(OC[C@@]56CCCN5[C@H](COC(=O)N5CCN(c7cc([C@@H](C(=O)N8C[C@H](O)C[C@H]8C(=O)N[C@@H](C)c8ccc(-c9scnc9C)cc8)C(C)C)on7)[C@H](C)C5)CC6)nc4c3F)c12.